The van der Waals surface area contributed by atoms with Gasteiger partial charge in [0.15, 0.2) is 0 Å². The lowest BCUT2D eigenvalue weighted by molar-refractivity contribution is 0.426. The second-order valence-corrected chi connectivity index (χ2v) is 38.5. The fraction of sp³-hybridized carbons (Fsp3) is 0.00752. The van der Waals surface area contributed by atoms with Crippen LogP contribution >= 0.6 is 70.4 Å². The molecule has 0 saturated carbocycles. The van der Waals surface area contributed by atoms with Crippen molar-refractivity contribution in [1.82, 2.24) is 0 Å². The Bertz CT molecular complexity index is 7530. The molecule has 24 rings (SSSR count). The van der Waals surface area contributed by atoms with Gasteiger partial charge in [0, 0.05) is 17.0 Å². The minimum absolute atomic E-state index is 0.339. The van der Waals surface area contributed by atoms with E-state index in [9.17, 15) is 10.0 Å². The molecule has 2 aliphatic rings. The molecular weight excluding hydrogens is 2010 g/mol. The van der Waals surface area contributed by atoms with E-state index in [1.165, 1.54) is 186 Å². The predicted octanol–water partition coefficient (Wildman–Crippen LogP) is 36.7. The Kier molecular flexibility index (Phi) is 28.7. The van der Waals surface area contributed by atoms with E-state index < -0.39 is 7.12 Å². The summed E-state index contributed by atoms with van der Waals surface area (Å²) in [6.45, 7) is 0. The van der Waals surface area contributed by atoms with Crippen molar-refractivity contribution in [1.29, 1.82) is 0 Å². The van der Waals surface area contributed by atoms with Crippen LogP contribution in [0.3, 0.4) is 0 Å². The molecule has 140 heavy (non-hydrogen) atoms. The summed E-state index contributed by atoms with van der Waals surface area (Å²) in [7, 11) is -1.45. The summed E-state index contributed by atoms with van der Waals surface area (Å²) in [5.74, 6) is 0. The molecule has 2 N–H and O–H groups in total. The van der Waals surface area contributed by atoms with Crippen LogP contribution in [0.1, 0.15) is 22.3 Å². The summed E-state index contributed by atoms with van der Waals surface area (Å²) in [6.07, 6.45) is 0. The fourth-order valence-electron chi connectivity index (χ4n) is 19.2. The Hall–Kier alpha value is -15.0. The van der Waals surface area contributed by atoms with Crippen LogP contribution in [0, 0.1) is 3.57 Å². The lowest BCUT2D eigenvalue weighted by atomic mass is 9.70. The quantitative estimate of drug-likeness (QED) is 0.0793. The van der Waals surface area contributed by atoms with Gasteiger partial charge in [-0.3, -0.25) is 0 Å². The minimum atomic E-state index is -1.45. The molecule has 0 radical (unpaired) electrons. The number of halogens is 4. The number of benzene rings is 22. The molecule has 22 aromatic rings. The van der Waals surface area contributed by atoms with Crippen molar-refractivity contribution in [3.05, 3.63) is 591 Å². The highest BCUT2D eigenvalue weighted by Gasteiger charge is 2.51. The zero-order valence-corrected chi connectivity index (χ0v) is 83.4. The van der Waals surface area contributed by atoms with Crippen LogP contribution in [0.15, 0.2) is 565 Å². The zero-order chi connectivity index (χ0) is 95.1. The molecule has 0 fully saturated rings. The summed E-state index contributed by atoms with van der Waals surface area (Å²) < 4.78 is 4.62. The van der Waals surface area contributed by atoms with E-state index in [4.69, 9.17) is 0 Å². The number of rotatable bonds is 15. The normalized spacial score (nSPS) is 11.4. The topological polar surface area (TPSA) is 40.5 Å². The van der Waals surface area contributed by atoms with Gasteiger partial charge in [0.25, 0.3) is 0 Å². The zero-order valence-electron chi connectivity index (χ0n) is 76.5. The average molecular weight is 2100 g/mol. The fourth-order valence-corrected chi connectivity index (χ4v) is 21.1. The van der Waals surface area contributed by atoms with Crippen molar-refractivity contribution in [2.24, 2.45) is 0 Å². The molecule has 0 unspecified atom stereocenters. The first-order valence-electron chi connectivity index (χ1n) is 46.9. The van der Waals surface area contributed by atoms with Gasteiger partial charge in [-0.15, -0.1) is 0 Å². The first kappa shape index (κ1) is 92.7. The minimum Gasteiger partial charge on any atom is -0.423 e. The maximum Gasteiger partial charge on any atom is 0.488 e. The van der Waals surface area contributed by atoms with Crippen molar-refractivity contribution in [3.8, 4) is 178 Å². The van der Waals surface area contributed by atoms with E-state index in [2.05, 4.69) is 531 Å². The molecule has 22 aromatic carbocycles. The smallest absolute Gasteiger partial charge is 0.423 e. The van der Waals surface area contributed by atoms with Crippen molar-refractivity contribution in [2.45, 2.75) is 5.41 Å². The van der Waals surface area contributed by atoms with Crippen molar-refractivity contribution in [3.63, 3.8) is 0 Å². The highest BCUT2D eigenvalue weighted by atomic mass is 127. The summed E-state index contributed by atoms with van der Waals surface area (Å²) in [5, 5.41) is 18.7. The van der Waals surface area contributed by atoms with Gasteiger partial charge >= 0.3 is 7.12 Å². The van der Waals surface area contributed by atoms with E-state index in [0.29, 0.717) is 5.46 Å². The van der Waals surface area contributed by atoms with Crippen molar-refractivity contribution < 1.29 is 10.0 Å². The SMILES string of the molecule is Brc1cc(-c2cc(-c3ccccc3)cc(-c3ccccc3)c2)ccc1-c1ccccc1.Brc1cc(-c2cc(-c3ccccc3)cc(-c3ccccc3)c2)ccc1-c1ccccc1.Brc1ccccc1I.OB(O)c1ccc(-c2cc(-c3ccccc3)cc(-c3ccccc3)c2)cc1.c1ccc(-c2cc(-c3ccccc3)cc(-c3ccc4c(c3)C3(c5ccccc5-c5ccccc53)c3ccccc3-4)c2)cc1. The molecule has 2 nitrogen and oxygen atoms in total. The molecule has 7 heteroatoms. The predicted molar refractivity (Wildman–Crippen MR) is 610 cm³/mol. The van der Waals surface area contributed by atoms with E-state index in [0.717, 1.165) is 31.2 Å². The van der Waals surface area contributed by atoms with Crippen molar-refractivity contribution in [2.75, 3.05) is 0 Å². The molecule has 0 saturated heterocycles. The van der Waals surface area contributed by atoms with E-state index in [1.807, 2.05) is 78.9 Å². The van der Waals surface area contributed by atoms with Crippen LogP contribution in [0.2, 0.25) is 0 Å². The average Bonchev–Trinajstić information content (AvgIpc) is 1.51. The third kappa shape index (κ3) is 20.6. The third-order valence-electron chi connectivity index (χ3n) is 26.1. The van der Waals surface area contributed by atoms with Crippen LogP contribution in [-0.4, -0.2) is 17.2 Å². The first-order chi connectivity index (χ1) is 68.9. The Morgan fingerprint density at radius 1 is 0.150 bits per heavy atom. The second-order valence-electron chi connectivity index (χ2n) is 34.8. The van der Waals surface area contributed by atoms with Gasteiger partial charge in [0.1, 0.15) is 0 Å². The molecule has 0 heterocycles. The summed E-state index contributed by atoms with van der Waals surface area (Å²) in [4.78, 5) is 0. The summed E-state index contributed by atoms with van der Waals surface area (Å²) in [6, 6.07) is 196. The van der Waals surface area contributed by atoms with Crippen LogP contribution in [0.25, 0.3) is 178 Å². The van der Waals surface area contributed by atoms with Crippen LogP contribution < -0.4 is 5.46 Å². The van der Waals surface area contributed by atoms with Gasteiger partial charge in [-0.2, -0.15) is 0 Å². The standard InChI is InChI=1S/C43H28.2C30H21Br.C24H19BO2.C6H4BrI/c1-3-13-29(14-4-1)32-25-33(30-15-5-2-6-16-30)27-34(26-32)31-23-24-38-37-19-9-12-22-41(37)43(42(38)28-31)39-20-10-7-17-35(39)36-18-8-11-21-40(36)43;2*31-30-21-25(16-17-29(30)24-14-8-3-9-15-24)28-19-26(22-10-4-1-5-11-22)18-27(20-28)23-12-6-2-7-13-23;26-25(27)24-13-11-20(12-14-24)23-16-21(18-7-3-1-4-8-18)15-22(17-23)19-9-5-2-6-10-19;7-5-3-1-2-4-6(5)8/h1-28H;2*1-21H;1-17,26-27H;1-4H. The molecule has 0 amide bonds. The Morgan fingerprint density at radius 2 is 0.343 bits per heavy atom. The molecule has 1 spiro atoms. The highest BCUT2D eigenvalue weighted by molar-refractivity contribution is 14.1. The van der Waals surface area contributed by atoms with Crippen LogP contribution in [0.5, 0.6) is 0 Å². The van der Waals surface area contributed by atoms with Gasteiger partial charge in [-0.05, 0) is 347 Å². The molecule has 0 bridgehead atoms. The molecule has 2 aliphatic carbocycles. The van der Waals surface area contributed by atoms with Gasteiger partial charge in [-0.25, -0.2) is 0 Å². The Morgan fingerprint density at radius 3 is 0.579 bits per heavy atom. The van der Waals surface area contributed by atoms with E-state index >= 15 is 0 Å². The molecular formula is C133H93BBr3IO2. The molecule has 0 atom stereocenters. The third-order valence-corrected chi connectivity index (χ3v) is 29.7. The number of hydrogen-bond donors (Lipinski definition) is 2. The van der Waals surface area contributed by atoms with Gasteiger partial charge in [0.2, 0.25) is 0 Å². The molecule has 668 valence electrons. The second kappa shape index (κ2) is 43.4. The van der Waals surface area contributed by atoms with Gasteiger partial charge in [0.05, 0.1) is 5.41 Å². The lowest BCUT2D eigenvalue weighted by Crippen LogP contribution is -2.29. The van der Waals surface area contributed by atoms with E-state index in [1.54, 1.807) is 12.1 Å². The summed E-state index contributed by atoms with van der Waals surface area (Å²) >= 11 is 13.3. The van der Waals surface area contributed by atoms with Crippen LogP contribution in [-0.2, 0) is 5.41 Å². The summed E-state index contributed by atoms with van der Waals surface area (Å²) in [5.41, 5.74) is 44.5. The molecule has 0 aromatic heterocycles. The van der Waals surface area contributed by atoms with Gasteiger partial charge < -0.3 is 10.0 Å². The van der Waals surface area contributed by atoms with Crippen molar-refractivity contribution >= 4 is 83.0 Å². The number of hydrogen-bond acceptors (Lipinski definition) is 2. The maximum absolute atomic E-state index is 9.33. The van der Waals surface area contributed by atoms with Gasteiger partial charge in [-0.1, -0.05) is 481 Å². The Balaban J connectivity index is 0.000000113. The van der Waals surface area contributed by atoms with E-state index in [-0.39, 0.29) is 5.41 Å². The largest absolute Gasteiger partial charge is 0.488 e. The monoisotopic (exact) mass is 2100 g/mol. The lowest BCUT2D eigenvalue weighted by Gasteiger charge is -2.30. The maximum atomic E-state index is 9.33. The van der Waals surface area contributed by atoms with Crippen LogP contribution in [0.4, 0.5) is 0 Å². The molecule has 0 aliphatic heterocycles. The highest BCUT2D eigenvalue weighted by Crippen LogP contribution is 2.63. The first-order valence-corrected chi connectivity index (χ1v) is 50.4. The Labute approximate surface area is 859 Å². The number of fused-ring (bicyclic) bond motifs is 10.